The van der Waals surface area contributed by atoms with Crippen molar-refractivity contribution in [3.8, 4) is 0 Å². The summed E-state index contributed by atoms with van der Waals surface area (Å²) in [4.78, 5) is 25.6. The predicted molar refractivity (Wildman–Crippen MR) is 71.4 cm³/mol. The van der Waals surface area contributed by atoms with Gasteiger partial charge in [-0.05, 0) is 37.6 Å². The summed E-state index contributed by atoms with van der Waals surface area (Å²) in [5.41, 5.74) is 0. The molecule has 3 fully saturated rings. The second kappa shape index (κ2) is 5.12. The van der Waals surface area contributed by atoms with Crippen LogP contribution in [0.4, 0.5) is 0 Å². The van der Waals surface area contributed by atoms with Crippen LogP contribution in [0, 0.1) is 11.8 Å². The van der Waals surface area contributed by atoms with Gasteiger partial charge in [0.2, 0.25) is 11.8 Å². The molecule has 2 heterocycles. The first-order valence-corrected chi connectivity index (χ1v) is 7.44. The number of nitrogens with one attached hydrogen (secondary N) is 2. The number of amides is 2. The second-order valence-corrected chi connectivity index (χ2v) is 6.21. The Morgan fingerprint density at radius 1 is 1.26 bits per heavy atom. The van der Waals surface area contributed by atoms with E-state index in [2.05, 4.69) is 10.6 Å². The fraction of sp³-hybridized carbons (Fsp3) is 0.857. The van der Waals surface area contributed by atoms with Crippen LogP contribution < -0.4 is 10.6 Å². The Morgan fingerprint density at radius 3 is 2.89 bits per heavy atom. The van der Waals surface area contributed by atoms with Gasteiger partial charge in [0.1, 0.15) is 0 Å². The maximum absolute atomic E-state index is 12.6. The maximum Gasteiger partial charge on any atom is 0.240 e. The molecule has 19 heavy (non-hydrogen) atoms. The summed E-state index contributed by atoms with van der Waals surface area (Å²) in [6.45, 7) is 3.99. The van der Waals surface area contributed by atoms with Crippen LogP contribution in [-0.2, 0) is 9.59 Å². The highest BCUT2D eigenvalue weighted by molar-refractivity contribution is 5.83. The molecule has 5 heteroatoms. The van der Waals surface area contributed by atoms with Crippen molar-refractivity contribution in [1.29, 1.82) is 0 Å². The van der Waals surface area contributed by atoms with Gasteiger partial charge in [-0.25, -0.2) is 0 Å². The molecule has 0 aromatic rings. The SMILES string of the molecule is CC(=O)NC1CCN(C(=O)C2NCC3CCCC32)C1. The fourth-order valence-electron chi connectivity index (χ4n) is 4.02. The van der Waals surface area contributed by atoms with Crippen LogP contribution in [0.1, 0.15) is 32.6 Å². The third-order valence-corrected chi connectivity index (χ3v) is 4.92. The van der Waals surface area contributed by atoms with Crippen LogP contribution in [-0.4, -0.2) is 48.4 Å². The molecule has 2 saturated heterocycles. The van der Waals surface area contributed by atoms with E-state index in [-0.39, 0.29) is 23.9 Å². The molecule has 0 aromatic heterocycles. The highest BCUT2D eigenvalue weighted by atomic mass is 16.2. The lowest BCUT2D eigenvalue weighted by molar-refractivity contribution is -0.133. The first kappa shape index (κ1) is 12.9. The number of nitrogens with zero attached hydrogens (tertiary/aromatic N) is 1. The van der Waals surface area contributed by atoms with E-state index >= 15 is 0 Å². The van der Waals surface area contributed by atoms with E-state index in [0.29, 0.717) is 18.4 Å². The molecule has 4 unspecified atom stereocenters. The number of fused-ring (bicyclic) bond motifs is 1. The fourth-order valence-corrected chi connectivity index (χ4v) is 4.02. The van der Waals surface area contributed by atoms with E-state index in [1.807, 2.05) is 4.90 Å². The molecule has 1 saturated carbocycles. The average molecular weight is 265 g/mol. The summed E-state index contributed by atoms with van der Waals surface area (Å²) in [6.07, 6.45) is 4.62. The van der Waals surface area contributed by atoms with Gasteiger partial charge in [0.15, 0.2) is 0 Å². The van der Waals surface area contributed by atoms with Gasteiger partial charge in [-0.2, -0.15) is 0 Å². The van der Waals surface area contributed by atoms with E-state index < -0.39 is 0 Å². The number of carbonyl (C=O) groups is 2. The van der Waals surface area contributed by atoms with Gasteiger partial charge in [0.25, 0.3) is 0 Å². The Bertz CT molecular complexity index is 385. The van der Waals surface area contributed by atoms with Gasteiger partial charge in [-0.1, -0.05) is 6.42 Å². The topological polar surface area (TPSA) is 61.4 Å². The lowest BCUT2D eigenvalue weighted by atomic mass is 9.93. The molecule has 1 aliphatic carbocycles. The molecule has 5 nitrogen and oxygen atoms in total. The molecule has 2 aliphatic heterocycles. The van der Waals surface area contributed by atoms with Crippen molar-refractivity contribution in [2.24, 2.45) is 11.8 Å². The average Bonchev–Trinajstić information content (AvgIpc) is 3.01. The Labute approximate surface area is 114 Å². The van der Waals surface area contributed by atoms with E-state index in [9.17, 15) is 9.59 Å². The Hall–Kier alpha value is -1.10. The van der Waals surface area contributed by atoms with Crippen molar-refractivity contribution in [3.05, 3.63) is 0 Å². The normalized spacial score (nSPS) is 37.4. The minimum atomic E-state index is -0.00542. The zero-order chi connectivity index (χ0) is 13.4. The quantitative estimate of drug-likeness (QED) is 0.745. The molecule has 0 radical (unpaired) electrons. The first-order chi connectivity index (χ1) is 9.15. The molecule has 4 atom stereocenters. The van der Waals surface area contributed by atoms with Crippen LogP contribution in [0.3, 0.4) is 0 Å². The lowest BCUT2D eigenvalue weighted by Crippen LogP contribution is -2.46. The molecular formula is C14H23N3O2. The van der Waals surface area contributed by atoms with Gasteiger partial charge >= 0.3 is 0 Å². The van der Waals surface area contributed by atoms with Crippen molar-refractivity contribution < 1.29 is 9.59 Å². The molecule has 0 aromatic carbocycles. The third kappa shape index (κ3) is 2.48. The van der Waals surface area contributed by atoms with Gasteiger partial charge in [0, 0.05) is 26.1 Å². The highest BCUT2D eigenvalue weighted by Crippen LogP contribution is 2.38. The minimum Gasteiger partial charge on any atom is -0.352 e. The first-order valence-electron chi connectivity index (χ1n) is 7.44. The van der Waals surface area contributed by atoms with Crippen LogP contribution in [0.2, 0.25) is 0 Å². The predicted octanol–water partition coefficient (Wildman–Crippen LogP) is 0.112. The van der Waals surface area contributed by atoms with Crippen molar-refractivity contribution >= 4 is 11.8 Å². The molecular weight excluding hydrogens is 242 g/mol. The summed E-state index contributed by atoms with van der Waals surface area (Å²) >= 11 is 0. The number of hydrogen-bond acceptors (Lipinski definition) is 3. The minimum absolute atomic E-state index is 0.00542. The van der Waals surface area contributed by atoms with Crippen molar-refractivity contribution in [1.82, 2.24) is 15.5 Å². The molecule has 3 aliphatic rings. The third-order valence-electron chi connectivity index (χ3n) is 4.92. The second-order valence-electron chi connectivity index (χ2n) is 6.21. The number of hydrogen-bond donors (Lipinski definition) is 2. The number of carbonyl (C=O) groups excluding carboxylic acids is 2. The van der Waals surface area contributed by atoms with Gasteiger partial charge in [-0.3, -0.25) is 9.59 Å². The molecule has 0 bridgehead atoms. The Kier molecular flexibility index (Phi) is 3.48. The summed E-state index contributed by atoms with van der Waals surface area (Å²) < 4.78 is 0. The van der Waals surface area contributed by atoms with Gasteiger partial charge in [0.05, 0.1) is 6.04 Å². The summed E-state index contributed by atoms with van der Waals surface area (Å²) in [7, 11) is 0. The van der Waals surface area contributed by atoms with Crippen molar-refractivity contribution in [2.75, 3.05) is 19.6 Å². The van der Waals surface area contributed by atoms with Crippen LogP contribution in [0.25, 0.3) is 0 Å². The van der Waals surface area contributed by atoms with E-state index in [1.54, 1.807) is 0 Å². The standard InChI is InChI=1S/C14H23N3O2/c1-9(18)16-11-5-6-17(8-11)14(19)13-12-4-2-3-10(12)7-15-13/h10-13,15H,2-8H2,1H3,(H,16,18). The molecule has 0 spiro atoms. The zero-order valence-corrected chi connectivity index (χ0v) is 11.5. The lowest BCUT2D eigenvalue weighted by Gasteiger charge is -2.24. The van der Waals surface area contributed by atoms with Gasteiger partial charge < -0.3 is 15.5 Å². The monoisotopic (exact) mass is 265 g/mol. The van der Waals surface area contributed by atoms with Crippen molar-refractivity contribution in [3.63, 3.8) is 0 Å². The summed E-state index contributed by atoms with van der Waals surface area (Å²) in [5.74, 6) is 1.51. The number of likely N-dealkylation sites (tertiary alicyclic amines) is 1. The maximum atomic E-state index is 12.6. The zero-order valence-electron chi connectivity index (χ0n) is 11.5. The highest BCUT2D eigenvalue weighted by Gasteiger charge is 2.44. The largest absolute Gasteiger partial charge is 0.352 e. The molecule has 106 valence electrons. The summed E-state index contributed by atoms with van der Waals surface area (Å²) in [6, 6.07) is 0.172. The van der Waals surface area contributed by atoms with Crippen LogP contribution in [0.5, 0.6) is 0 Å². The smallest absolute Gasteiger partial charge is 0.240 e. The van der Waals surface area contributed by atoms with Gasteiger partial charge in [-0.15, -0.1) is 0 Å². The van der Waals surface area contributed by atoms with E-state index in [4.69, 9.17) is 0 Å². The van der Waals surface area contributed by atoms with Crippen molar-refractivity contribution in [2.45, 2.75) is 44.7 Å². The van der Waals surface area contributed by atoms with E-state index in [1.165, 1.54) is 26.2 Å². The number of rotatable bonds is 2. The Balaban J connectivity index is 1.58. The van der Waals surface area contributed by atoms with Crippen LogP contribution >= 0.6 is 0 Å². The van der Waals surface area contributed by atoms with E-state index in [0.717, 1.165) is 19.5 Å². The summed E-state index contributed by atoms with van der Waals surface area (Å²) in [5, 5.41) is 6.32. The molecule has 2 N–H and O–H groups in total. The molecule has 2 amide bonds. The Morgan fingerprint density at radius 2 is 2.11 bits per heavy atom. The van der Waals surface area contributed by atoms with Crippen LogP contribution in [0.15, 0.2) is 0 Å². The molecule has 3 rings (SSSR count).